The van der Waals surface area contributed by atoms with Crippen molar-refractivity contribution in [2.24, 2.45) is 5.10 Å². The summed E-state index contributed by atoms with van der Waals surface area (Å²) in [5.41, 5.74) is 2.29. The van der Waals surface area contributed by atoms with Crippen LogP contribution in [0, 0.1) is 0 Å². The van der Waals surface area contributed by atoms with Crippen molar-refractivity contribution in [3.05, 3.63) is 53.6 Å². The molecule has 0 bridgehead atoms. The summed E-state index contributed by atoms with van der Waals surface area (Å²) in [6, 6.07) is 11.2. The van der Waals surface area contributed by atoms with Gasteiger partial charge in [-0.05, 0) is 35.9 Å². The van der Waals surface area contributed by atoms with Gasteiger partial charge in [0.2, 0.25) is 20.0 Å². The van der Waals surface area contributed by atoms with E-state index >= 15 is 0 Å². The molecule has 2 aromatic carbocycles. The number of hydrogen-bond acceptors (Lipinski definition) is 7. The largest absolute Gasteiger partial charge is 0.497 e. The molecule has 1 aliphatic rings. The summed E-state index contributed by atoms with van der Waals surface area (Å²) in [5.74, 6) is 1.10. The number of methoxy groups -OCH3 is 2. The number of hydrazone groups is 1. The Morgan fingerprint density at radius 1 is 1.00 bits per heavy atom. The molecule has 1 aliphatic heterocycles. The van der Waals surface area contributed by atoms with Gasteiger partial charge in [0.15, 0.2) is 0 Å². The highest BCUT2D eigenvalue weighted by atomic mass is 32.2. The van der Waals surface area contributed by atoms with E-state index in [1.807, 2.05) is 0 Å². The Hall–Kier alpha value is -2.79. The van der Waals surface area contributed by atoms with Crippen LogP contribution >= 0.6 is 0 Å². The molecule has 9 nitrogen and oxygen atoms in total. The van der Waals surface area contributed by atoms with Crippen LogP contribution in [0.1, 0.15) is 23.6 Å². The SMILES string of the molecule is COc1ccc(OC)c([C@@H]2CC(c3ccc(NS(C)(=O)=O)cc3)=NN2S(C)(=O)=O)c1. The Bertz CT molecular complexity index is 1180. The van der Waals surface area contributed by atoms with E-state index in [2.05, 4.69) is 9.82 Å². The molecular weight excluding hydrogens is 430 g/mol. The van der Waals surface area contributed by atoms with Crippen LogP contribution in [0.2, 0.25) is 0 Å². The van der Waals surface area contributed by atoms with Crippen molar-refractivity contribution in [2.45, 2.75) is 12.5 Å². The maximum absolute atomic E-state index is 12.4. The maximum atomic E-state index is 12.4. The second-order valence-corrected chi connectivity index (χ2v) is 10.5. The molecule has 0 amide bonds. The van der Waals surface area contributed by atoms with E-state index in [0.29, 0.717) is 40.4 Å². The summed E-state index contributed by atoms with van der Waals surface area (Å²) in [5, 5.41) is 4.35. The monoisotopic (exact) mass is 453 g/mol. The molecule has 2 aromatic rings. The Morgan fingerprint density at radius 3 is 2.20 bits per heavy atom. The first-order valence-corrected chi connectivity index (χ1v) is 12.6. The van der Waals surface area contributed by atoms with Gasteiger partial charge < -0.3 is 9.47 Å². The van der Waals surface area contributed by atoms with Crippen LogP contribution in [0.4, 0.5) is 5.69 Å². The highest BCUT2D eigenvalue weighted by molar-refractivity contribution is 7.92. The molecule has 162 valence electrons. The van der Waals surface area contributed by atoms with Crippen LogP contribution in [0.15, 0.2) is 47.6 Å². The number of sulfonamides is 2. The molecule has 11 heteroatoms. The van der Waals surface area contributed by atoms with Crippen LogP contribution in [-0.2, 0) is 20.0 Å². The maximum Gasteiger partial charge on any atom is 0.247 e. The van der Waals surface area contributed by atoms with Crippen molar-refractivity contribution in [3.63, 3.8) is 0 Å². The number of anilines is 1. The van der Waals surface area contributed by atoms with Crippen molar-refractivity contribution >= 4 is 31.4 Å². The lowest BCUT2D eigenvalue weighted by molar-refractivity contribution is 0.348. The van der Waals surface area contributed by atoms with Gasteiger partial charge in [0, 0.05) is 17.7 Å². The third-order valence-corrected chi connectivity index (χ3v) is 6.15. The highest BCUT2D eigenvalue weighted by Crippen LogP contribution is 2.40. The van der Waals surface area contributed by atoms with Gasteiger partial charge in [-0.2, -0.15) is 9.52 Å². The average molecular weight is 454 g/mol. The highest BCUT2D eigenvalue weighted by Gasteiger charge is 2.36. The van der Waals surface area contributed by atoms with Crippen LogP contribution in [0.3, 0.4) is 0 Å². The lowest BCUT2D eigenvalue weighted by atomic mass is 9.98. The number of ether oxygens (including phenoxy) is 2. The van der Waals surface area contributed by atoms with E-state index in [0.717, 1.165) is 16.9 Å². The number of nitrogens with zero attached hydrogens (tertiary/aromatic N) is 2. The molecule has 0 spiro atoms. The fourth-order valence-electron chi connectivity index (χ4n) is 3.25. The topological polar surface area (TPSA) is 114 Å². The molecular formula is C19H23N3O6S2. The summed E-state index contributed by atoms with van der Waals surface area (Å²) in [6.45, 7) is 0. The van der Waals surface area contributed by atoms with Gasteiger partial charge in [0.25, 0.3) is 0 Å². The predicted molar refractivity (Wildman–Crippen MR) is 115 cm³/mol. The minimum Gasteiger partial charge on any atom is -0.497 e. The minimum atomic E-state index is -3.66. The Morgan fingerprint density at radius 2 is 1.67 bits per heavy atom. The average Bonchev–Trinajstić information content (AvgIpc) is 3.12. The smallest absolute Gasteiger partial charge is 0.247 e. The number of rotatable bonds is 7. The zero-order chi connectivity index (χ0) is 22.1. The third-order valence-electron chi connectivity index (χ3n) is 4.53. The summed E-state index contributed by atoms with van der Waals surface area (Å²) in [7, 11) is -4.01. The van der Waals surface area contributed by atoms with Crippen LogP contribution in [0.5, 0.6) is 11.5 Å². The van der Waals surface area contributed by atoms with Crippen LogP contribution < -0.4 is 14.2 Å². The lowest BCUT2D eigenvalue weighted by Crippen LogP contribution is -2.26. The first-order valence-electron chi connectivity index (χ1n) is 8.89. The summed E-state index contributed by atoms with van der Waals surface area (Å²) < 4.78 is 61.8. The summed E-state index contributed by atoms with van der Waals surface area (Å²) in [6.07, 6.45) is 2.48. The van der Waals surface area contributed by atoms with Gasteiger partial charge in [-0.15, -0.1) is 0 Å². The molecule has 1 N–H and O–H groups in total. The van der Waals surface area contributed by atoms with Gasteiger partial charge in [0.1, 0.15) is 11.5 Å². The standard InChI is InChI=1S/C19H23N3O6S2/c1-27-15-9-10-19(28-2)16(11-15)18-12-17(20-22(18)30(4,25)26)13-5-7-14(8-6-13)21-29(3,23)24/h5-11,18,21H,12H2,1-4H3/t18-/m0/s1. The zero-order valence-electron chi connectivity index (χ0n) is 17.0. The fourth-order valence-corrected chi connectivity index (χ4v) is 4.71. The Labute approximate surface area is 176 Å². The Balaban J connectivity index is 1.99. The second kappa shape index (κ2) is 8.15. The van der Waals surface area contributed by atoms with E-state index < -0.39 is 26.1 Å². The quantitative estimate of drug-likeness (QED) is 0.687. The molecule has 0 aromatic heterocycles. The number of benzene rings is 2. The van der Waals surface area contributed by atoms with Gasteiger partial charge in [0.05, 0.1) is 38.5 Å². The van der Waals surface area contributed by atoms with Gasteiger partial charge >= 0.3 is 0 Å². The van der Waals surface area contributed by atoms with Crippen molar-refractivity contribution in [3.8, 4) is 11.5 Å². The lowest BCUT2D eigenvalue weighted by Gasteiger charge is -2.23. The van der Waals surface area contributed by atoms with Crippen molar-refractivity contribution in [2.75, 3.05) is 31.5 Å². The van der Waals surface area contributed by atoms with Crippen LogP contribution in [-0.4, -0.2) is 53.7 Å². The Kier molecular flexibility index (Phi) is 5.95. The molecule has 0 radical (unpaired) electrons. The predicted octanol–water partition coefficient (Wildman–Crippen LogP) is 2.19. The first-order chi connectivity index (χ1) is 14.0. The van der Waals surface area contributed by atoms with E-state index in [-0.39, 0.29) is 0 Å². The molecule has 0 saturated heterocycles. The summed E-state index contributed by atoms with van der Waals surface area (Å²) >= 11 is 0. The molecule has 0 saturated carbocycles. The van der Waals surface area contributed by atoms with Gasteiger partial charge in [-0.1, -0.05) is 12.1 Å². The normalized spacial score (nSPS) is 16.9. The second-order valence-electron chi connectivity index (χ2n) is 6.86. The van der Waals surface area contributed by atoms with E-state index in [4.69, 9.17) is 9.47 Å². The van der Waals surface area contributed by atoms with E-state index in [9.17, 15) is 16.8 Å². The minimum absolute atomic E-state index is 0.315. The van der Waals surface area contributed by atoms with Gasteiger partial charge in [-0.3, -0.25) is 4.72 Å². The molecule has 3 rings (SSSR count). The summed E-state index contributed by atoms with van der Waals surface area (Å²) in [4.78, 5) is 0. The first kappa shape index (κ1) is 21.9. The zero-order valence-corrected chi connectivity index (χ0v) is 18.6. The van der Waals surface area contributed by atoms with Crippen molar-refractivity contribution in [1.82, 2.24) is 4.41 Å². The third kappa shape index (κ3) is 4.85. The number of nitrogens with one attached hydrogen (secondary N) is 1. The van der Waals surface area contributed by atoms with Crippen molar-refractivity contribution < 1.29 is 26.3 Å². The molecule has 1 atom stereocenters. The number of hydrogen-bond donors (Lipinski definition) is 1. The van der Waals surface area contributed by atoms with Crippen molar-refractivity contribution in [1.29, 1.82) is 0 Å². The van der Waals surface area contributed by atoms with E-state index in [1.165, 1.54) is 14.2 Å². The molecule has 0 aliphatic carbocycles. The van der Waals surface area contributed by atoms with E-state index in [1.54, 1.807) is 42.5 Å². The molecule has 0 fully saturated rings. The fraction of sp³-hybridized carbons (Fsp3) is 0.316. The van der Waals surface area contributed by atoms with Crippen LogP contribution in [0.25, 0.3) is 0 Å². The van der Waals surface area contributed by atoms with Gasteiger partial charge in [-0.25, -0.2) is 16.8 Å². The molecule has 0 unspecified atom stereocenters. The molecule has 1 heterocycles. The molecule has 30 heavy (non-hydrogen) atoms.